The number of H-pyrrole nitrogens is 1. The lowest BCUT2D eigenvalue weighted by Gasteiger charge is -2.30. The molecule has 0 spiro atoms. The van der Waals surface area contributed by atoms with E-state index in [1.165, 1.54) is 0 Å². The van der Waals surface area contributed by atoms with E-state index in [0.717, 1.165) is 37.0 Å². The van der Waals surface area contributed by atoms with E-state index in [1.54, 1.807) is 6.20 Å². The summed E-state index contributed by atoms with van der Waals surface area (Å²) in [5.74, 6) is 1.94. The van der Waals surface area contributed by atoms with Crippen molar-refractivity contribution in [3.63, 3.8) is 0 Å². The first-order valence-corrected chi connectivity index (χ1v) is 5.38. The third kappa shape index (κ3) is 1.62. The molecule has 0 bridgehead atoms. The van der Waals surface area contributed by atoms with E-state index in [2.05, 4.69) is 20.9 Å². The number of fused-ring (bicyclic) bond motifs is 1. The number of aromatic nitrogens is 2. The third-order valence-corrected chi connectivity index (χ3v) is 2.72. The standard InChI is InChI=1S/C12H13N3O/c1-2-4-11-10(3-1)15(7-8-16-11)9-12-13-5-6-14-12/h1-6H,7-9H2,(H,13,14). The van der Waals surface area contributed by atoms with E-state index in [1.807, 2.05) is 24.4 Å². The molecule has 1 aromatic carbocycles. The Balaban J connectivity index is 1.87. The van der Waals surface area contributed by atoms with Crippen LogP contribution in [0.4, 0.5) is 5.69 Å². The first-order valence-electron chi connectivity index (χ1n) is 5.38. The lowest BCUT2D eigenvalue weighted by atomic mass is 10.2. The number of hydrogen-bond acceptors (Lipinski definition) is 3. The first-order chi connectivity index (χ1) is 7.93. The molecule has 0 saturated heterocycles. The number of anilines is 1. The average Bonchev–Trinajstić information content (AvgIpc) is 2.82. The predicted octanol–water partition coefficient (Wildman–Crippen LogP) is 1.81. The smallest absolute Gasteiger partial charge is 0.142 e. The van der Waals surface area contributed by atoms with Crippen molar-refractivity contribution in [3.05, 3.63) is 42.5 Å². The van der Waals surface area contributed by atoms with E-state index < -0.39 is 0 Å². The summed E-state index contributed by atoms with van der Waals surface area (Å²) in [4.78, 5) is 9.64. The van der Waals surface area contributed by atoms with Crippen LogP contribution in [0.15, 0.2) is 36.7 Å². The highest BCUT2D eigenvalue weighted by Crippen LogP contribution is 2.31. The third-order valence-electron chi connectivity index (χ3n) is 2.72. The zero-order valence-corrected chi connectivity index (χ0v) is 8.89. The van der Waals surface area contributed by atoms with Crippen LogP contribution in [-0.2, 0) is 6.54 Å². The molecule has 16 heavy (non-hydrogen) atoms. The zero-order chi connectivity index (χ0) is 10.8. The van der Waals surface area contributed by atoms with Gasteiger partial charge in [0.1, 0.15) is 18.2 Å². The number of hydrogen-bond donors (Lipinski definition) is 1. The molecule has 0 fully saturated rings. The van der Waals surface area contributed by atoms with Crippen LogP contribution in [0.1, 0.15) is 5.82 Å². The summed E-state index contributed by atoms with van der Waals surface area (Å²) in [7, 11) is 0. The Hall–Kier alpha value is -1.97. The molecule has 0 amide bonds. The van der Waals surface area contributed by atoms with E-state index in [4.69, 9.17) is 4.74 Å². The van der Waals surface area contributed by atoms with Crippen LogP contribution in [0.25, 0.3) is 0 Å². The van der Waals surface area contributed by atoms with Crippen molar-refractivity contribution in [2.45, 2.75) is 6.54 Å². The lowest BCUT2D eigenvalue weighted by Crippen LogP contribution is -2.32. The largest absolute Gasteiger partial charge is 0.490 e. The summed E-state index contributed by atoms with van der Waals surface area (Å²) < 4.78 is 5.60. The quantitative estimate of drug-likeness (QED) is 0.830. The summed E-state index contributed by atoms with van der Waals surface area (Å²) in [6, 6.07) is 8.11. The molecule has 0 unspecified atom stereocenters. The van der Waals surface area contributed by atoms with Gasteiger partial charge in [-0.05, 0) is 12.1 Å². The Kier molecular flexibility index (Phi) is 2.25. The maximum absolute atomic E-state index is 5.60. The second-order valence-corrected chi connectivity index (χ2v) is 3.77. The highest BCUT2D eigenvalue weighted by molar-refractivity contribution is 5.59. The fourth-order valence-corrected chi connectivity index (χ4v) is 1.96. The summed E-state index contributed by atoms with van der Waals surface area (Å²) in [5, 5.41) is 0. The molecule has 4 nitrogen and oxygen atoms in total. The van der Waals surface area contributed by atoms with Gasteiger partial charge in [0.2, 0.25) is 0 Å². The minimum atomic E-state index is 0.734. The van der Waals surface area contributed by atoms with Gasteiger partial charge < -0.3 is 14.6 Å². The van der Waals surface area contributed by atoms with Gasteiger partial charge in [-0.1, -0.05) is 12.1 Å². The monoisotopic (exact) mass is 215 g/mol. The molecular weight excluding hydrogens is 202 g/mol. The minimum Gasteiger partial charge on any atom is -0.490 e. The maximum Gasteiger partial charge on any atom is 0.142 e. The highest BCUT2D eigenvalue weighted by atomic mass is 16.5. The topological polar surface area (TPSA) is 41.1 Å². The van der Waals surface area contributed by atoms with Gasteiger partial charge in [0.25, 0.3) is 0 Å². The molecule has 0 atom stereocenters. The van der Waals surface area contributed by atoms with Gasteiger partial charge in [0.05, 0.1) is 18.8 Å². The first kappa shape index (κ1) is 9.27. The number of ether oxygens (including phenoxy) is 1. The molecule has 0 saturated carbocycles. The summed E-state index contributed by atoms with van der Waals surface area (Å²) >= 11 is 0. The van der Waals surface area contributed by atoms with Crippen molar-refractivity contribution < 1.29 is 4.74 Å². The van der Waals surface area contributed by atoms with Crippen molar-refractivity contribution in [2.75, 3.05) is 18.1 Å². The molecule has 2 heterocycles. The Morgan fingerprint density at radius 2 is 2.31 bits per heavy atom. The zero-order valence-electron chi connectivity index (χ0n) is 8.89. The van der Waals surface area contributed by atoms with Crippen molar-refractivity contribution in [3.8, 4) is 5.75 Å². The van der Waals surface area contributed by atoms with Crippen LogP contribution in [-0.4, -0.2) is 23.1 Å². The lowest BCUT2D eigenvalue weighted by molar-refractivity contribution is 0.306. The molecule has 0 aliphatic carbocycles. The predicted molar refractivity (Wildman–Crippen MR) is 61.6 cm³/mol. The molecule has 1 aromatic heterocycles. The van der Waals surface area contributed by atoms with Crippen molar-refractivity contribution in [2.24, 2.45) is 0 Å². The fraction of sp³-hybridized carbons (Fsp3) is 0.250. The van der Waals surface area contributed by atoms with E-state index in [0.29, 0.717) is 0 Å². The molecule has 1 N–H and O–H groups in total. The molecule has 1 aliphatic rings. The molecule has 82 valence electrons. The van der Waals surface area contributed by atoms with Gasteiger partial charge in [0, 0.05) is 12.4 Å². The van der Waals surface area contributed by atoms with Crippen molar-refractivity contribution in [1.29, 1.82) is 0 Å². The molecule has 4 heteroatoms. The number of para-hydroxylation sites is 2. The minimum absolute atomic E-state index is 0.734. The van der Waals surface area contributed by atoms with Gasteiger partial charge in [-0.25, -0.2) is 4.98 Å². The van der Waals surface area contributed by atoms with Crippen molar-refractivity contribution in [1.82, 2.24) is 9.97 Å². The normalized spacial score (nSPS) is 14.4. The highest BCUT2D eigenvalue weighted by Gasteiger charge is 2.17. The van der Waals surface area contributed by atoms with Crippen LogP contribution in [0.5, 0.6) is 5.75 Å². The van der Waals surface area contributed by atoms with Crippen LogP contribution in [0, 0.1) is 0 Å². The number of imidazole rings is 1. The average molecular weight is 215 g/mol. The van der Waals surface area contributed by atoms with Gasteiger partial charge in [-0.3, -0.25) is 0 Å². The van der Waals surface area contributed by atoms with Crippen molar-refractivity contribution >= 4 is 5.69 Å². The number of aromatic amines is 1. The summed E-state index contributed by atoms with van der Waals surface area (Å²) in [6.45, 7) is 2.43. The molecule has 0 radical (unpaired) electrons. The van der Waals surface area contributed by atoms with Crippen LogP contribution >= 0.6 is 0 Å². The summed E-state index contributed by atoms with van der Waals surface area (Å²) in [6.07, 6.45) is 3.63. The van der Waals surface area contributed by atoms with Crippen LogP contribution in [0.3, 0.4) is 0 Å². The van der Waals surface area contributed by atoms with E-state index >= 15 is 0 Å². The Morgan fingerprint density at radius 3 is 3.19 bits per heavy atom. The fourth-order valence-electron chi connectivity index (χ4n) is 1.96. The molecule has 2 aromatic rings. The second kappa shape index (κ2) is 3.89. The van der Waals surface area contributed by atoms with Crippen LogP contribution in [0.2, 0.25) is 0 Å². The number of nitrogens with one attached hydrogen (secondary N) is 1. The van der Waals surface area contributed by atoms with Gasteiger partial charge in [-0.15, -0.1) is 0 Å². The van der Waals surface area contributed by atoms with E-state index in [-0.39, 0.29) is 0 Å². The summed E-state index contributed by atoms with van der Waals surface area (Å²) in [5.41, 5.74) is 1.14. The van der Waals surface area contributed by atoms with Gasteiger partial charge >= 0.3 is 0 Å². The van der Waals surface area contributed by atoms with Crippen LogP contribution < -0.4 is 9.64 Å². The second-order valence-electron chi connectivity index (χ2n) is 3.77. The van der Waals surface area contributed by atoms with Gasteiger partial charge in [-0.2, -0.15) is 0 Å². The number of nitrogens with zero attached hydrogens (tertiary/aromatic N) is 2. The maximum atomic E-state index is 5.60. The molecule has 3 rings (SSSR count). The van der Waals surface area contributed by atoms with E-state index in [9.17, 15) is 0 Å². The number of benzene rings is 1. The SMILES string of the molecule is c1ccc2c(c1)OCCN2Cc1ncc[nH]1. The molecule has 1 aliphatic heterocycles. The van der Waals surface area contributed by atoms with Gasteiger partial charge in [0.15, 0.2) is 0 Å². The Labute approximate surface area is 93.9 Å². The molecular formula is C12H13N3O. The number of rotatable bonds is 2. The Morgan fingerprint density at radius 1 is 1.38 bits per heavy atom. The Bertz CT molecular complexity index is 467.